The van der Waals surface area contributed by atoms with Crippen LogP contribution in [0.3, 0.4) is 0 Å². The largest absolute Gasteiger partial charge is 0.416 e. The first-order valence-corrected chi connectivity index (χ1v) is 9.98. The van der Waals surface area contributed by atoms with E-state index in [9.17, 15) is 18.0 Å². The van der Waals surface area contributed by atoms with Gasteiger partial charge >= 0.3 is 6.18 Å². The predicted molar refractivity (Wildman–Crippen MR) is 114 cm³/mol. The summed E-state index contributed by atoms with van der Waals surface area (Å²) in [5.74, 6) is -0.617. The lowest BCUT2D eigenvalue weighted by Crippen LogP contribution is -2.13. The van der Waals surface area contributed by atoms with Crippen LogP contribution in [0.5, 0.6) is 0 Å². The Morgan fingerprint density at radius 1 is 0.935 bits per heavy atom. The number of anilines is 3. The minimum Gasteiger partial charge on any atom is -0.332 e. The van der Waals surface area contributed by atoms with Gasteiger partial charge in [0.15, 0.2) is 5.13 Å². The summed E-state index contributed by atoms with van der Waals surface area (Å²) in [5, 5.41) is 8.42. The number of carbonyl (C=O) groups excluding carboxylic acids is 1. The number of hydrogen-bond donors (Lipinski definition) is 2. The number of hydrogen-bond acceptors (Lipinski definition) is 5. The Balaban J connectivity index is 1.41. The standard InChI is InChI=1S/C22H15F3N4OS/c23-22(24,25)16-3-1-2-15(12-16)20(30)27-17-4-6-18(7-5-17)28-21-29-19(13-31-21)14-8-10-26-11-9-14/h1-13H,(H,27,30)(H,28,29). The van der Waals surface area contributed by atoms with Crippen LogP contribution < -0.4 is 10.6 Å². The predicted octanol–water partition coefficient (Wildman–Crippen LogP) is 6.22. The first-order valence-electron chi connectivity index (χ1n) is 9.10. The van der Waals surface area contributed by atoms with Crippen molar-refractivity contribution in [1.29, 1.82) is 0 Å². The summed E-state index contributed by atoms with van der Waals surface area (Å²) < 4.78 is 38.5. The van der Waals surface area contributed by atoms with Gasteiger partial charge < -0.3 is 10.6 Å². The maximum Gasteiger partial charge on any atom is 0.416 e. The molecule has 0 radical (unpaired) electrons. The number of alkyl halides is 3. The summed E-state index contributed by atoms with van der Waals surface area (Å²) in [6.45, 7) is 0. The lowest BCUT2D eigenvalue weighted by Gasteiger charge is -2.10. The van der Waals surface area contributed by atoms with Crippen molar-refractivity contribution in [2.45, 2.75) is 6.18 Å². The monoisotopic (exact) mass is 440 g/mol. The molecule has 9 heteroatoms. The van der Waals surface area contributed by atoms with Gasteiger partial charge in [-0.15, -0.1) is 11.3 Å². The number of nitrogens with one attached hydrogen (secondary N) is 2. The highest BCUT2D eigenvalue weighted by Crippen LogP contribution is 2.30. The first kappa shape index (κ1) is 20.5. The fraction of sp³-hybridized carbons (Fsp3) is 0.0455. The molecule has 0 saturated heterocycles. The van der Waals surface area contributed by atoms with E-state index in [2.05, 4.69) is 20.6 Å². The van der Waals surface area contributed by atoms with Crippen molar-refractivity contribution < 1.29 is 18.0 Å². The highest BCUT2D eigenvalue weighted by atomic mass is 32.1. The zero-order chi connectivity index (χ0) is 21.8. The number of carbonyl (C=O) groups is 1. The first-order chi connectivity index (χ1) is 14.9. The molecule has 0 atom stereocenters. The second-order valence-electron chi connectivity index (χ2n) is 6.51. The molecule has 2 N–H and O–H groups in total. The van der Waals surface area contributed by atoms with Crippen molar-refractivity contribution in [3.8, 4) is 11.3 Å². The van der Waals surface area contributed by atoms with Crippen LogP contribution in [0.15, 0.2) is 78.4 Å². The molecule has 0 spiro atoms. The van der Waals surface area contributed by atoms with E-state index in [0.717, 1.165) is 29.1 Å². The summed E-state index contributed by atoms with van der Waals surface area (Å²) in [6.07, 6.45) is -1.10. The number of thiazole rings is 1. The molecule has 5 nitrogen and oxygen atoms in total. The normalized spacial score (nSPS) is 11.2. The molecule has 156 valence electrons. The number of aromatic nitrogens is 2. The van der Waals surface area contributed by atoms with Gasteiger partial charge in [-0.25, -0.2) is 4.98 Å². The Kier molecular flexibility index (Phi) is 5.68. The smallest absolute Gasteiger partial charge is 0.332 e. The molecular formula is C22H15F3N4OS. The lowest BCUT2D eigenvalue weighted by atomic mass is 10.1. The van der Waals surface area contributed by atoms with Gasteiger partial charge in [0.2, 0.25) is 0 Å². The van der Waals surface area contributed by atoms with E-state index in [4.69, 9.17) is 0 Å². The third-order valence-corrected chi connectivity index (χ3v) is 5.08. The molecule has 0 fully saturated rings. The van der Waals surface area contributed by atoms with E-state index in [0.29, 0.717) is 10.8 Å². The van der Waals surface area contributed by atoms with Crippen molar-refractivity contribution in [1.82, 2.24) is 9.97 Å². The molecule has 0 aliphatic heterocycles. The van der Waals surface area contributed by atoms with Crippen molar-refractivity contribution in [2.75, 3.05) is 10.6 Å². The molecule has 0 bridgehead atoms. The quantitative estimate of drug-likeness (QED) is 0.387. The van der Waals surface area contributed by atoms with Crippen LogP contribution in [0.25, 0.3) is 11.3 Å². The number of halogens is 3. The van der Waals surface area contributed by atoms with E-state index in [-0.39, 0.29) is 5.56 Å². The van der Waals surface area contributed by atoms with E-state index < -0.39 is 17.6 Å². The molecule has 4 aromatic rings. The summed E-state index contributed by atoms with van der Waals surface area (Å²) in [5.41, 5.74) is 2.09. The Hall–Kier alpha value is -3.72. The minimum atomic E-state index is -4.50. The topological polar surface area (TPSA) is 66.9 Å². The van der Waals surface area contributed by atoms with Crippen LogP contribution in [0.4, 0.5) is 29.7 Å². The van der Waals surface area contributed by atoms with Gasteiger partial charge in [0.1, 0.15) is 0 Å². The molecule has 2 aromatic heterocycles. The number of rotatable bonds is 5. The maximum atomic E-state index is 12.8. The number of amides is 1. The third kappa shape index (κ3) is 5.07. The number of pyridine rings is 1. The van der Waals surface area contributed by atoms with Gasteiger partial charge in [0.05, 0.1) is 11.3 Å². The summed E-state index contributed by atoms with van der Waals surface area (Å²) in [7, 11) is 0. The van der Waals surface area contributed by atoms with Gasteiger partial charge in [-0.05, 0) is 54.6 Å². The van der Waals surface area contributed by atoms with Crippen molar-refractivity contribution >= 4 is 33.8 Å². The molecule has 1 amide bonds. The van der Waals surface area contributed by atoms with Crippen LogP contribution in [0.1, 0.15) is 15.9 Å². The zero-order valence-electron chi connectivity index (χ0n) is 15.9. The van der Waals surface area contributed by atoms with Crippen LogP contribution >= 0.6 is 11.3 Å². The van der Waals surface area contributed by atoms with Gasteiger partial charge in [0.25, 0.3) is 5.91 Å². The number of benzene rings is 2. The van der Waals surface area contributed by atoms with Gasteiger partial charge in [-0.3, -0.25) is 9.78 Å². The second-order valence-corrected chi connectivity index (χ2v) is 7.37. The molecule has 4 rings (SSSR count). The SMILES string of the molecule is O=C(Nc1ccc(Nc2nc(-c3ccncc3)cs2)cc1)c1cccc(C(F)(F)F)c1. The second kappa shape index (κ2) is 8.57. The van der Waals surface area contributed by atoms with Crippen molar-refractivity contribution in [3.63, 3.8) is 0 Å². The van der Waals surface area contributed by atoms with E-state index >= 15 is 0 Å². The van der Waals surface area contributed by atoms with Crippen LogP contribution in [-0.2, 0) is 6.18 Å². The Morgan fingerprint density at radius 2 is 1.65 bits per heavy atom. The Labute approximate surface area is 179 Å². The molecule has 0 aliphatic carbocycles. The highest BCUT2D eigenvalue weighted by Gasteiger charge is 2.30. The molecule has 0 aliphatic rings. The Morgan fingerprint density at radius 3 is 2.35 bits per heavy atom. The fourth-order valence-corrected chi connectivity index (χ4v) is 3.53. The number of nitrogens with zero attached hydrogens (tertiary/aromatic N) is 2. The average molecular weight is 440 g/mol. The van der Waals surface area contributed by atoms with Gasteiger partial charge in [-0.2, -0.15) is 13.2 Å². The van der Waals surface area contributed by atoms with E-state index in [1.54, 1.807) is 36.7 Å². The molecular weight excluding hydrogens is 425 g/mol. The van der Waals surface area contributed by atoms with Crippen LogP contribution in [0, 0.1) is 0 Å². The van der Waals surface area contributed by atoms with Crippen LogP contribution in [0.2, 0.25) is 0 Å². The fourth-order valence-electron chi connectivity index (χ4n) is 2.79. The minimum absolute atomic E-state index is 0.0662. The summed E-state index contributed by atoms with van der Waals surface area (Å²) in [4.78, 5) is 20.8. The summed E-state index contributed by atoms with van der Waals surface area (Å²) >= 11 is 1.45. The Bertz CT molecular complexity index is 1190. The maximum absolute atomic E-state index is 12.8. The molecule has 0 saturated carbocycles. The zero-order valence-corrected chi connectivity index (χ0v) is 16.7. The highest BCUT2D eigenvalue weighted by molar-refractivity contribution is 7.14. The van der Waals surface area contributed by atoms with Gasteiger partial charge in [0, 0.05) is 40.3 Å². The lowest BCUT2D eigenvalue weighted by molar-refractivity contribution is -0.137. The average Bonchev–Trinajstić information content (AvgIpc) is 3.24. The molecule has 2 heterocycles. The summed E-state index contributed by atoms with van der Waals surface area (Å²) in [6, 6.07) is 14.9. The van der Waals surface area contributed by atoms with Crippen molar-refractivity contribution in [3.05, 3.63) is 89.6 Å². The molecule has 31 heavy (non-hydrogen) atoms. The van der Waals surface area contributed by atoms with E-state index in [1.165, 1.54) is 23.5 Å². The van der Waals surface area contributed by atoms with E-state index in [1.807, 2.05) is 17.5 Å². The van der Waals surface area contributed by atoms with Crippen molar-refractivity contribution in [2.24, 2.45) is 0 Å². The third-order valence-electron chi connectivity index (χ3n) is 4.33. The van der Waals surface area contributed by atoms with Gasteiger partial charge in [-0.1, -0.05) is 6.07 Å². The molecule has 0 unspecified atom stereocenters. The van der Waals surface area contributed by atoms with Crippen LogP contribution in [-0.4, -0.2) is 15.9 Å². The molecule has 2 aromatic carbocycles.